The van der Waals surface area contributed by atoms with Crippen LogP contribution in [0.15, 0.2) is 24.3 Å². The smallest absolute Gasteiger partial charge is 0.294 e. The number of hydrogen-bond acceptors (Lipinski definition) is 7. The highest BCUT2D eigenvalue weighted by Crippen LogP contribution is 2.19. The van der Waals surface area contributed by atoms with Crippen LogP contribution in [0.2, 0.25) is 0 Å². The molecule has 23 heavy (non-hydrogen) atoms. The van der Waals surface area contributed by atoms with Gasteiger partial charge in [-0.3, -0.25) is 4.79 Å². The van der Waals surface area contributed by atoms with Crippen LogP contribution in [0.1, 0.15) is 10.4 Å². The molecule has 0 radical (unpaired) electrons. The van der Waals surface area contributed by atoms with Gasteiger partial charge in [-0.25, -0.2) is 0 Å². The molecule has 1 fully saturated rings. The van der Waals surface area contributed by atoms with E-state index in [-0.39, 0.29) is 37.5 Å². The van der Waals surface area contributed by atoms with Gasteiger partial charge in [0.15, 0.2) is 0 Å². The SMILES string of the molecule is Cl.O=C(NCCO[N+](=O)[O-])c1ccccc1OCC1CSCN1. The van der Waals surface area contributed by atoms with Crippen LogP contribution in [0.5, 0.6) is 5.75 Å². The summed E-state index contributed by atoms with van der Waals surface area (Å²) < 4.78 is 5.71. The van der Waals surface area contributed by atoms with Gasteiger partial charge in [0.2, 0.25) is 0 Å². The molecular weight excluding hydrogens is 346 g/mol. The molecule has 0 spiro atoms. The van der Waals surface area contributed by atoms with Gasteiger partial charge in [-0.15, -0.1) is 34.3 Å². The van der Waals surface area contributed by atoms with E-state index < -0.39 is 5.09 Å². The summed E-state index contributed by atoms with van der Waals surface area (Å²) in [5.41, 5.74) is 0.397. The van der Waals surface area contributed by atoms with Crippen molar-refractivity contribution in [3.05, 3.63) is 39.9 Å². The van der Waals surface area contributed by atoms with Gasteiger partial charge in [0.1, 0.15) is 19.0 Å². The number of amides is 1. The van der Waals surface area contributed by atoms with Crippen molar-refractivity contribution in [2.24, 2.45) is 0 Å². The third-order valence-corrected chi connectivity index (χ3v) is 3.96. The van der Waals surface area contributed by atoms with Crippen LogP contribution in [0.3, 0.4) is 0 Å². The fraction of sp³-hybridized carbons (Fsp3) is 0.462. The van der Waals surface area contributed by atoms with Crippen molar-refractivity contribution in [3.63, 3.8) is 0 Å². The van der Waals surface area contributed by atoms with Crippen LogP contribution in [0.4, 0.5) is 0 Å². The fourth-order valence-corrected chi connectivity index (χ4v) is 2.86. The Labute approximate surface area is 143 Å². The Kier molecular flexibility index (Phi) is 8.52. The Morgan fingerprint density at radius 3 is 2.96 bits per heavy atom. The second-order valence-corrected chi connectivity index (χ2v) is 5.57. The van der Waals surface area contributed by atoms with Crippen molar-refractivity contribution >= 4 is 30.1 Å². The zero-order chi connectivity index (χ0) is 15.8. The van der Waals surface area contributed by atoms with Crippen LogP contribution in [-0.2, 0) is 4.84 Å². The van der Waals surface area contributed by atoms with Crippen molar-refractivity contribution in [1.82, 2.24) is 10.6 Å². The Balaban J connectivity index is 0.00000264. The zero-order valence-electron chi connectivity index (χ0n) is 12.2. The molecule has 8 nitrogen and oxygen atoms in total. The maximum atomic E-state index is 12.1. The molecular formula is C13H18ClN3O5S. The second-order valence-electron chi connectivity index (χ2n) is 4.54. The molecule has 0 bridgehead atoms. The Bertz CT molecular complexity index is 528. The number of thioether (sulfide) groups is 1. The molecule has 1 aromatic carbocycles. The lowest BCUT2D eigenvalue weighted by Crippen LogP contribution is -2.31. The maximum Gasteiger partial charge on any atom is 0.294 e. The molecule has 10 heteroatoms. The minimum absolute atomic E-state index is 0. The van der Waals surface area contributed by atoms with E-state index in [1.54, 1.807) is 36.0 Å². The fourth-order valence-electron chi connectivity index (χ4n) is 1.89. The summed E-state index contributed by atoms with van der Waals surface area (Å²) in [6, 6.07) is 7.17. The van der Waals surface area contributed by atoms with E-state index in [2.05, 4.69) is 15.5 Å². The Morgan fingerprint density at radius 1 is 1.48 bits per heavy atom. The van der Waals surface area contributed by atoms with Crippen LogP contribution >= 0.6 is 24.2 Å². The molecule has 1 aliphatic rings. The molecule has 1 unspecified atom stereocenters. The predicted molar refractivity (Wildman–Crippen MR) is 88.7 cm³/mol. The molecule has 1 aliphatic heterocycles. The highest BCUT2D eigenvalue weighted by Gasteiger charge is 2.17. The molecule has 1 saturated heterocycles. The molecule has 1 heterocycles. The number of nitrogens with one attached hydrogen (secondary N) is 2. The number of para-hydroxylation sites is 1. The summed E-state index contributed by atoms with van der Waals surface area (Å²) in [5.74, 6) is 2.03. The minimum atomic E-state index is -0.893. The second kappa shape index (κ2) is 10.1. The third kappa shape index (κ3) is 6.51. The van der Waals surface area contributed by atoms with Crippen LogP contribution in [0, 0.1) is 10.1 Å². The normalized spacial score (nSPS) is 16.3. The van der Waals surface area contributed by atoms with Crippen molar-refractivity contribution in [2.45, 2.75) is 6.04 Å². The zero-order valence-corrected chi connectivity index (χ0v) is 13.9. The first-order valence-corrected chi connectivity index (χ1v) is 7.91. The predicted octanol–water partition coefficient (Wildman–Crippen LogP) is 1.09. The molecule has 0 aliphatic carbocycles. The molecule has 1 aromatic rings. The summed E-state index contributed by atoms with van der Waals surface area (Å²) in [6.45, 7) is 0.349. The molecule has 128 valence electrons. The van der Waals surface area contributed by atoms with Gasteiger partial charge in [0.05, 0.1) is 11.6 Å². The average Bonchev–Trinajstić information content (AvgIpc) is 3.03. The van der Waals surface area contributed by atoms with Gasteiger partial charge in [0.25, 0.3) is 11.0 Å². The van der Waals surface area contributed by atoms with Gasteiger partial charge in [0, 0.05) is 18.2 Å². The van der Waals surface area contributed by atoms with Gasteiger partial charge in [-0.1, -0.05) is 12.1 Å². The standard InChI is InChI=1S/C13H17N3O5S.ClH/c17-13(14-5-6-21-16(18)19)11-3-1-2-4-12(11)20-7-10-8-22-9-15-10;/h1-4,10,15H,5-9H2,(H,14,17);1H. The van der Waals surface area contributed by atoms with Crippen molar-refractivity contribution in [2.75, 3.05) is 31.4 Å². The Hall–Kier alpha value is -1.71. The number of rotatable bonds is 8. The van der Waals surface area contributed by atoms with Crippen LogP contribution < -0.4 is 15.4 Å². The van der Waals surface area contributed by atoms with E-state index in [4.69, 9.17) is 4.74 Å². The number of carbonyl (C=O) groups is 1. The van der Waals surface area contributed by atoms with E-state index in [1.807, 2.05) is 0 Å². The third-order valence-electron chi connectivity index (χ3n) is 2.95. The average molecular weight is 364 g/mol. The lowest BCUT2D eigenvalue weighted by molar-refractivity contribution is -0.757. The summed E-state index contributed by atoms with van der Waals surface area (Å²) in [5, 5.41) is 15.0. The summed E-state index contributed by atoms with van der Waals surface area (Å²) >= 11 is 1.80. The summed E-state index contributed by atoms with van der Waals surface area (Å²) in [7, 11) is 0. The lowest BCUT2D eigenvalue weighted by atomic mass is 10.2. The van der Waals surface area contributed by atoms with Crippen molar-refractivity contribution in [1.29, 1.82) is 0 Å². The van der Waals surface area contributed by atoms with Gasteiger partial charge < -0.3 is 20.2 Å². The highest BCUT2D eigenvalue weighted by atomic mass is 35.5. The molecule has 0 saturated carbocycles. The molecule has 1 atom stereocenters. The monoisotopic (exact) mass is 363 g/mol. The first kappa shape index (κ1) is 19.3. The van der Waals surface area contributed by atoms with Crippen molar-refractivity contribution in [3.8, 4) is 5.75 Å². The largest absolute Gasteiger partial charge is 0.491 e. The number of nitrogens with zero attached hydrogens (tertiary/aromatic N) is 1. The van der Waals surface area contributed by atoms with Gasteiger partial charge in [-0.05, 0) is 12.1 Å². The highest BCUT2D eigenvalue weighted by molar-refractivity contribution is 7.99. The number of carbonyl (C=O) groups excluding carboxylic acids is 1. The van der Waals surface area contributed by atoms with E-state index in [1.165, 1.54) is 0 Å². The first-order valence-electron chi connectivity index (χ1n) is 6.75. The van der Waals surface area contributed by atoms with E-state index >= 15 is 0 Å². The number of halogens is 1. The number of benzene rings is 1. The molecule has 2 rings (SSSR count). The lowest BCUT2D eigenvalue weighted by Gasteiger charge is -2.14. The number of ether oxygens (including phenoxy) is 1. The van der Waals surface area contributed by atoms with E-state index in [0.717, 1.165) is 11.6 Å². The van der Waals surface area contributed by atoms with E-state index in [9.17, 15) is 14.9 Å². The quantitative estimate of drug-likeness (QED) is 0.405. The number of hydrogen-bond donors (Lipinski definition) is 2. The summed E-state index contributed by atoms with van der Waals surface area (Å²) in [6.07, 6.45) is 0. The molecule has 2 N–H and O–H groups in total. The maximum absolute atomic E-state index is 12.1. The van der Waals surface area contributed by atoms with E-state index in [0.29, 0.717) is 17.9 Å². The van der Waals surface area contributed by atoms with Gasteiger partial charge in [-0.2, -0.15) is 0 Å². The molecule has 0 aromatic heterocycles. The Morgan fingerprint density at radius 2 is 2.26 bits per heavy atom. The topological polar surface area (TPSA) is 103 Å². The first-order chi connectivity index (χ1) is 10.7. The van der Waals surface area contributed by atoms with Crippen molar-refractivity contribution < 1.29 is 19.5 Å². The van der Waals surface area contributed by atoms with Crippen LogP contribution in [0.25, 0.3) is 0 Å². The van der Waals surface area contributed by atoms with Gasteiger partial charge >= 0.3 is 0 Å². The summed E-state index contributed by atoms with van der Waals surface area (Å²) in [4.78, 5) is 26.2. The molecule has 1 amide bonds. The minimum Gasteiger partial charge on any atom is -0.491 e. The van der Waals surface area contributed by atoms with Crippen LogP contribution in [-0.4, -0.2) is 48.4 Å².